The molecule has 0 saturated heterocycles. The molecule has 12 rings (SSSR count). The highest BCUT2D eigenvalue weighted by molar-refractivity contribution is 6.04. The molecular weight excluding hydrogens is 737 g/mol. The highest BCUT2D eigenvalue weighted by atomic mass is 16.3. The maximum atomic E-state index is 6.13. The van der Waals surface area contributed by atoms with E-state index in [4.69, 9.17) is 9.40 Å². The van der Waals surface area contributed by atoms with Gasteiger partial charge in [-0.1, -0.05) is 78.9 Å². The lowest BCUT2D eigenvalue weighted by Gasteiger charge is -2.26. The maximum absolute atomic E-state index is 6.13. The van der Waals surface area contributed by atoms with Gasteiger partial charge < -0.3 is 9.32 Å². The van der Waals surface area contributed by atoms with Gasteiger partial charge in [-0.05, 0) is 135 Å². The molecule has 280 valence electrons. The van der Waals surface area contributed by atoms with Crippen molar-refractivity contribution in [3.8, 4) is 33.5 Å². The van der Waals surface area contributed by atoms with Crippen LogP contribution in [0.1, 0.15) is 0 Å². The van der Waals surface area contributed by atoms with Crippen molar-refractivity contribution in [1.82, 2.24) is 24.9 Å². The molecule has 0 unspecified atom stereocenters. The molecule has 7 heteroatoms. The fourth-order valence-corrected chi connectivity index (χ4v) is 8.43. The van der Waals surface area contributed by atoms with Crippen molar-refractivity contribution < 1.29 is 4.42 Å². The Morgan fingerprint density at radius 3 is 1.50 bits per heavy atom. The predicted octanol–water partition coefficient (Wildman–Crippen LogP) is 13.6. The van der Waals surface area contributed by atoms with Crippen LogP contribution in [0, 0.1) is 0 Å². The Labute approximate surface area is 343 Å². The normalized spacial score (nSPS) is 11.7. The van der Waals surface area contributed by atoms with E-state index >= 15 is 0 Å². The Morgan fingerprint density at radius 1 is 0.383 bits per heavy atom. The molecule has 0 saturated carbocycles. The number of hydrogen-bond acceptors (Lipinski definition) is 7. The number of anilines is 3. The third-order valence-corrected chi connectivity index (χ3v) is 11.5. The van der Waals surface area contributed by atoms with Crippen LogP contribution in [0.5, 0.6) is 0 Å². The maximum Gasteiger partial charge on any atom is 0.227 e. The molecule has 60 heavy (non-hydrogen) atoms. The van der Waals surface area contributed by atoms with Gasteiger partial charge in [0.15, 0.2) is 0 Å². The molecular formula is C53H32N6O. The standard InChI is InChI=1S/C53H32N6O/c1-2-4-52-47(3-1)48-19-22-51(58-53(48)60-52)33-9-15-44(16-10-33)59(45-17-11-36-23-34(5-7-40(36)27-45)38-13-20-49-42(25-38)29-54-31-56-49)46-18-12-37-24-35(6-8-41(37)28-46)39-14-21-50-43(26-39)30-55-32-57-50/h1-32H. The van der Waals surface area contributed by atoms with Crippen molar-refractivity contribution in [2.75, 3.05) is 4.90 Å². The fraction of sp³-hybridized carbons (Fsp3) is 0. The number of benzene rings is 8. The number of furan rings is 1. The molecule has 7 nitrogen and oxygen atoms in total. The highest BCUT2D eigenvalue weighted by Crippen LogP contribution is 2.40. The molecule has 0 aliphatic heterocycles. The van der Waals surface area contributed by atoms with Gasteiger partial charge in [0.25, 0.3) is 0 Å². The first kappa shape index (κ1) is 33.8. The van der Waals surface area contributed by atoms with E-state index in [1.807, 2.05) is 30.6 Å². The third kappa shape index (κ3) is 5.87. The van der Waals surface area contributed by atoms with Gasteiger partial charge in [-0.15, -0.1) is 0 Å². The van der Waals surface area contributed by atoms with Crippen LogP contribution in [0.3, 0.4) is 0 Å². The lowest BCUT2D eigenvalue weighted by Crippen LogP contribution is -2.10. The fourth-order valence-electron chi connectivity index (χ4n) is 8.43. The molecule has 0 bridgehead atoms. The van der Waals surface area contributed by atoms with E-state index < -0.39 is 0 Å². The Balaban J connectivity index is 0.935. The number of aromatic nitrogens is 5. The molecule has 0 aliphatic rings. The first-order chi connectivity index (χ1) is 29.7. The second-order valence-electron chi connectivity index (χ2n) is 15.1. The predicted molar refractivity (Wildman–Crippen MR) is 244 cm³/mol. The van der Waals surface area contributed by atoms with Gasteiger partial charge in [-0.25, -0.2) is 24.9 Å². The summed E-state index contributed by atoms with van der Waals surface area (Å²) < 4.78 is 6.13. The van der Waals surface area contributed by atoms with Crippen LogP contribution in [-0.4, -0.2) is 24.9 Å². The van der Waals surface area contributed by atoms with Crippen molar-refractivity contribution in [3.05, 3.63) is 195 Å². The Kier molecular flexibility index (Phi) is 7.71. The third-order valence-electron chi connectivity index (χ3n) is 11.5. The molecule has 12 aromatic rings. The van der Waals surface area contributed by atoms with E-state index in [-0.39, 0.29) is 0 Å². The van der Waals surface area contributed by atoms with Gasteiger partial charge in [0.1, 0.15) is 18.2 Å². The molecule has 0 atom stereocenters. The van der Waals surface area contributed by atoms with E-state index in [0.29, 0.717) is 5.71 Å². The van der Waals surface area contributed by atoms with Crippen LogP contribution in [0.4, 0.5) is 17.1 Å². The summed E-state index contributed by atoms with van der Waals surface area (Å²) in [6, 6.07) is 60.3. The van der Waals surface area contributed by atoms with Crippen molar-refractivity contribution in [3.63, 3.8) is 0 Å². The zero-order valence-electron chi connectivity index (χ0n) is 32.1. The van der Waals surface area contributed by atoms with E-state index in [0.717, 1.165) is 110 Å². The summed E-state index contributed by atoms with van der Waals surface area (Å²) in [6.07, 6.45) is 6.90. The molecule has 0 radical (unpaired) electrons. The Bertz CT molecular complexity index is 3470. The minimum atomic E-state index is 0.641. The molecule has 0 fully saturated rings. The molecule has 4 heterocycles. The van der Waals surface area contributed by atoms with Crippen LogP contribution in [0.15, 0.2) is 199 Å². The number of fused-ring (bicyclic) bond motifs is 7. The number of hydrogen-bond donors (Lipinski definition) is 0. The van der Waals surface area contributed by atoms with Gasteiger partial charge in [0, 0.05) is 56.6 Å². The smallest absolute Gasteiger partial charge is 0.227 e. The second-order valence-corrected chi connectivity index (χ2v) is 15.1. The summed E-state index contributed by atoms with van der Waals surface area (Å²) in [6.45, 7) is 0. The minimum Gasteiger partial charge on any atom is -0.438 e. The summed E-state index contributed by atoms with van der Waals surface area (Å²) in [5.41, 5.74) is 12.9. The van der Waals surface area contributed by atoms with E-state index in [1.165, 1.54) is 0 Å². The molecule has 0 amide bonds. The number of para-hydroxylation sites is 1. The summed E-state index contributed by atoms with van der Waals surface area (Å²) >= 11 is 0. The van der Waals surface area contributed by atoms with Crippen molar-refractivity contribution >= 4 is 82.5 Å². The molecule has 8 aromatic carbocycles. The van der Waals surface area contributed by atoms with Crippen LogP contribution in [0.2, 0.25) is 0 Å². The van der Waals surface area contributed by atoms with E-state index in [1.54, 1.807) is 12.7 Å². The largest absolute Gasteiger partial charge is 0.438 e. The van der Waals surface area contributed by atoms with Crippen LogP contribution >= 0.6 is 0 Å². The summed E-state index contributed by atoms with van der Waals surface area (Å²) in [7, 11) is 0. The number of pyridine rings is 1. The average Bonchev–Trinajstić information content (AvgIpc) is 3.69. The summed E-state index contributed by atoms with van der Waals surface area (Å²) in [5, 5.41) is 8.75. The van der Waals surface area contributed by atoms with Crippen molar-refractivity contribution in [2.45, 2.75) is 0 Å². The molecule has 4 aromatic heterocycles. The molecule has 0 aliphatic carbocycles. The van der Waals surface area contributed by atoms with Crippen LogP contribution in [0.25, 0.3) is 98.9 Å². The van der Waals surface area contributed by atoms with Gasteiger partial charge >= 0.3 is 0 Å². The average molecular weight is 769 g/mol. The zero-order chi connectivity index (χ0) is 39.6. The quantitative estimate of drug-likeness (QED) is 0.167. The lowest BCUT2D eigenvalue weighted by molar-refractivity contribution is 0.654. The van der Waals surface area contributed by atoms with Crippen LogP contribution in [-0.2, 0) is 0 Å². The van der Waals surface area contributed by atoms with Crippen molar-refractivity contribution in [1.29, 1.82) is 0 Å². The lowest BCUT2D eigenvalue weighted by atomic mass is 9.99. The Morgan fingerprint density at radius 2 is 0.883 bits per heavy atom. The van der Waals surface area contributed by atoms with Gasteiger partial charge in [0.05, 0.1) is 16.7 Å². The highest BCUT2D eigenvalue weighted by Gasteiger charge is 2.16. The zero-order valence-corrected chi connectivity index (χ0v) is 32.1. The van der Waals surface area contributed by atoms with Gasteiger partial charge in [-0.3, -0.25) is 0 Å². The minimum absolute atomic E-state index is 0.641. The van der Waals surface area contributed by atoms with Crippen molar-refractivity contribution in [2.24, 2.45) is 0 Å². The Hall–Kier alpha value is -8.29. The molecule has 0 N–H and O–H groups in total. The monoisotopic (exact) mass is 768 g/mol. The second kappa shape index (κ2) is 13.7. The first-order valence-corrected chi connectivity index (χ1v) is 19.8. The van der Waals surface area contributed by atoms with Crippen LogP contribution < -0.4 is 4.90 Å². The topological polar surface area (TPSA) is 80.8 Å². The van der Waals surface area contributed by atoms with Gasteiger partial charge in [0.2, 0.25) is 5.71 Å². The first-order valence-electron chi connectivity index (χ1n) is 19.8. The number of nitrogens with zero attached hydrogens (tertiary/aromatic N) is 6. The van der Waals surface area contributed by atoms with Gasteiger partial charge in [-0.2, -0.15) is 0 Å². The van der Waals surface area contributed by atoms with E-state index in [2.05, 4.69) is 176 Å². The summed E-state index contributed by atoms with van der Waals surface area (Å²) in [5.74, 6) is 0. The SMILES string of the molecule is c1ccc2c(c1)oc1nc(-c3ccc(N(c4ccc5cc(-c6ccc7ncncc7c6)ccc5c4)c4ccc5cc(-c6ccc7ncncc7c6)ccc5c4)cc3)ccc12. The van der Waals surface area contributed by atoms with E-state index in [9.17, 15) is 0 Å². The number of rotatable bonds is 6. The summed E-state index contributed by atoms with van der Waals surface area (Å²) in [4.78, 5) is 24.5. The molecule has 0 spiro atoms.